The molecule has 4 rings (SSSR count). The van der Waals surface area contributed by atoms with Gasteiger partial charge in [0.15, 0.2) is 5.13 Å². The first-order valence-corrected chi connectivity index (χ1v) is 10.3. The van der Waals surface area contributed by atoms with Gasteiger partial charge in [0, 0.05) is 5.56 Å². The monoisotopic (exact) mass is 400 g/mol. The fourth-order valence-corrected chi connectivity index (χ4v) is 4.34. The topological polar surface area (TPSA) is 46.9 Å². The maximum atomic E-state index is 14.1. The molecule has 7 heteroatoms. The zero-order valence-corrected chi connectivity index (χ0v) is 16.6. The molecule has 2 aromatic carbocycles. The highest BCUT2D eigenvalue weighted by Crippen LogP contribution is 2.30. The fraction of sp³-hybridized carbons (Fsp3) is 0.333. The summed E-state index contributed by atoms with van der Waals surface area (Å²) in [5.41, 5.74) is 2.04. The first-order chi connectivity index (χ1) is 13.6. The lowest BCUT2D eigenvalue weighted by molar-refractivity contribution is -0.906. The number of ether oxygens (including phenoxy) is 1. The number of aryl methyl sites for hydroxylation is 1. The Morgan fingerprint density at radius 1 is 1.21 bits per heavy atom. The summed E-state index contributed by atoms with van der Waals surface area (Å²) in [6.07, 6.45) is 0. The van der Waals surface area contributed by atoms with Crippen LogP contribution in [0.2, 0.25) is 0 Å². The smallest absolute Gasteiger partial charge is 0.260 e. The predicted molar refractivity (Wildman–Crippen MR) is 109 cm³/mol. The summed E-state index contributed by atoms with van der Waals surface area (Å²) in [7, 11) is 0. The normalized spacial score (nSPS) is 15.1. The molecule has 1 aliphatic heterocycles. The van der Waals surface area contributed by atoms with Gasteiger partial charge in [-0.2, -0.15) is 0 Å². The van der Waals surface area contributed by atoms with E-state index in [1.807, 2.05) is 37.3 Å². The number of morpholine rings is 1. The molecule has 2 heterocycles. The molecule has 0 aliphatic carbocycles. The standard InChI is InChI=1S/C21H22FN3O2S/c1-15-5-7-16(8-6-15)20(26)25(10-9-24-11-13-27-14-12-24)21-23-19-17(22)3-2-4-18(19)28-21/h2-8H,9-14H2,1H3/p+1. The second-order valence-electron chi connectivity index (χ2n) is 7.02. The molecule has 1 amide bonds. The number of para-hydroxylation sites is 1. The quantitative estimate of drug-likeness (QED) is 0.715. The maximum absolute atomic E-state index is 14.1. The first-order valence-electron chi connectivity index (χ1n) is 9.47. The van der Waals surface area contributed by atoms with E-state index < -0.39 is 0 Å². The van der Waals surface area contributed by atoms with Gasteiger partial charge in [0.2, 0.25) is 0 Å². The Balaban J connectivity index is 1.64. The van der Waals surface area contributed by atoms with Gasteiger partial charge in [-0.25, -0.2) is 9.37 Å². The number of fused-ring (bicyclic) bond motifs is 1. The third-order valence-electron chi connectivity index (χ3n) is 5.02. The number of hydrogen-bond acceptors (Lipinski definition) is 4. The van der Waals surface area contributed by atoms with Crippen LogP contribution in [0.15, 0.2) is 42.5 Å². The number of thiazole rings is 1. The number of nitrogens with zero attached hydrogens (tertiary/aromatic N) is 2. The molecule has 5 nitrogen and oxygen atoms in total. The lowest BCUT2D eigenvalue weighted by Gasteiger charge is -2.27. The van der Waals surface area contributed by atoms with Crippen molar-refractivity contribution in [3.63, 3.8) is 0 Å². The SMILES string of the molecule is Cc1ccc(C(=O)N(CC[NH+]2CCOCC2)c2nc3c(F)cccc3s2)cc1. The fourth-order valence-electron chi connectivity index (χ4n) is 3.33. The van der Waals surface area contributed by atoms with Gasteiger partial charge < -0.3 is 9.64 Å². The van der Waals surface area contributed by atoms with Crippen molar-refractivity contribution in [2.24, 2.45) is 0 Å². The van der Waals surface area contributed by atoms with Crippen molar-refractivity contribution in [1.82, 2.24) is 4.98 Å². The molecule has 1 aliphatic rings. The van der Waals surface area contributed by atoms with E-state index in [1.165, 1.54) is 22.3 Å². The third-order valence-corrected chi connectivity index (χ3v) is 6.07. The van der Waals surface area contributed by atoms with Crippen LogP contribution in [0.25, 0.3) is 10.2 Å². The van der Waals surface area contributed by atoms with Crippen LogP contribution >= 0.6 is 11.3 Å². The summed E-state index contributed by atoms with van der Waals surface area (Å²) < 4.78 is 20.3. The molecule has 0 unspecified atom stereocenters. The molecule has 28 heavy (non-hydrogen) atoms. The Kier molecular flexibility index (Phi) is 5.66. The van der Waals surface area contributed by atoms with Crippen LogP contribution in [0.4, 0.5) is 9.52 Å². The van der Waals surface area contributed by atoms with Crippen LogP contribution < -0.4 is 9.80 Å². The van der Waals surface area contributed by atoms with Crippen LogP contribution in [-0.4, -0.2) is 50.3 Å². The largest absolute Gasteiger partial charge is 0.370 e. The first kappa shape index (κ1) is 19.0. The van der Waals surface area contributed by atoms with Gasteiger partial charge in [-0.1, -0.05) is 35.1 Å². The molecule has 1 N–H and O–H groups in total. The van der Waals surface area contributed by atoms with Crippen molar-refractivity contribution < 1.29 is 18.8 Å². The van der Waals surface area contributed by atoms with Gasteiger partial charge >= 0.3 is 0 Å². The van der Waals surface area contributed by atoms with Crippen molar-refractivity contribution in [2.75, 3.05) is 44.3 Å². The van der Waals surface area contributed by atoms with E-state index in [0.717, 1.165) is 43.1 Å². The minimum atomic E-state index is -0.360. The van der Waals surface area contributed by atoms with Crippen LogP contribution in [0, 0.1) is 12.7 Å². The summed E-state index contributed by atoms with van der Waals surface area (Å²) in [6, 6.07) is 12.4. The van der Waals surface area contributed by atoms with Crippen molar-refractivity contribution in [3.05, 3.63) is 59.4 Å². The highest BCUT2D eigenvalue weighted by Gasteiger charge is 2.24. The second kappa shape index (κ2) is 8.34. The van der Waals surface area contributed by atoms with Gasteiger partial charge in [0.05, 0.1) is 31.0 Å². The highest BCUT2D eigenvalue weighted by atomic mass is 32.1. The Bertz CT molecular complexity index is 967. The molecule has 1 fully saturated rings. The zero-order chi connectivity index (χ0) is 19.5. The Labute approximate surface area is 167 Å². The molecule has 0 saturated carbocycles. The number of quaternary nitrogens is 1. The summed E-state index contributed by atoms with van der Waals surface area (Å²) in [6.45, 7) is 6.68. The minimum Gasteiger partial charge on any atom is -0.370 e. The molecular formula is C21H23FN3O2S+. The van der Waals surface area contributed by atoms with E-state index in [0.29, 0.717) is 22.8 Å². The summed E-state index contributed by atoms with van der Waals surface area (Å²) in [4.78, 5) is 20.8. The van der Waals surface area contributed by atoms with E-state index in [4.69, 9.17) is 4.74 Å². The molecule has 0 spiro atoms. The highest BCUT2D eigenvalue weighted by molar-refractivity contribution is 7.22. The molecule has 0 atom stereocenters. The zero-order valence-electron chi connectivity index (χ0n) is 15.8. The predicted octanol–water partition coefficient (Wildman–Crippen LogP) is 2.31. The molecular weight excluding hydrogens is 377 g/mol. The Morgan fingerprint density at radius 3 is 2.68 bits per heavy atom. The number of carbonyl (C=O) groups excluding carboxylic acids is 1. The van der Waals surface area contributed by atoms with Gasteiger partial charge in [-0.05, 0) is 31.2 Å². The number of anilines is 1. The lowest BCUT2D eigenvalue weighted by atomic mass is 10.1. The van der Waals surface area contributed by atoms with Crippen LogP contribution in [0.3, 0.4) is 0 Å². The van der Waals surface area contributed by atoms with E-state index in [9.17, 15) is 9.18 Å². The third kappa shape index (κ3) is 4.06. The van der Waals surface area contributed by atoms with Crippen molar-refractivity contribution in [1.29, 1.82) is 0 Å². The maximum Gasteiger partial charge on any atom is 0.260 e. The van der Waals surface area contributed by atoms with Gasteiger partial charge in [-0.3, -0.25) is 9.69 Å². The molecule has 146 valence electrons. The van der Waals surface area contributed by atoms with Crippen LogP contribution in [-0.2, 0) is 4.74 Å². The lowest BCUT2D eigenvalue weighted by Crippen LogP contribution is -3.14. The van der Waals surface area contributed by atoms with Crippen molar-refractivity contribution in [3.8, 4) is 0 Å². The molecule has 1 aromatic heterocycles. The summed E-state index contributed by atoms with van der Waals surface area (Å²) in [5, 5.41) is 0.540. The van der Waals surface area contributed by atoms with Gasteiger partial charge in [0.25, 0.3) is 5.91 Å². The average molecular weight is 400 g/mol. The number of carbonyl (C=O) groups is 1. The Morgan fingerprint density at radius 2 is 1.96 bits per heavy atom. The summed E-state index contributed by atoms with van der Waals surface area (Å²) >= 11 is 1.35. The number of aromatic nitrogens is 1. The molecule has 3 aromatic rings. The number of halogens is 1. The van der Waals surface area contributed by atoms with E-state index in [-0.39, 0.29) is 11.7 Å². The van der Waals surface area contributed by atoms with Crippen molar-refractivity contribution in [2.45, 2.75) is 6.92 Å². The average Bonchev–Trinajstić information content (AvgIpc) is 3.15. The molecule has 0 radical (unpaired) electrons. The molecule has 1 saturated heterocycles. The minimum absolute atomic E-state index is 0.105. The summed E-state index contributed by atoms with van der Waals surface area (Å²) in [5.74, 6) is -0.464. The second-order valence-corrected chi connectivity index (χ2v) is 8.03. The van der Waals surface area contributed by atoms with E-state index in [2.05, 4.69) is 4.98 Å². The van der Waals surface area contributed by atoms with Crippen molar-refractivity contribution >= 4 is 32.6 Å². The number of rotatable bonds is 5. The number of nitrogens with one attached hydrogen (secondary N) is 1. The number of benzene rings is 2. The Hall–Kier alpha value is -2.35. The van der Waals surface area contributed by atoms with Crippen LogP contribution in [0.1, 0.15) is 15.9 Å². The molecule has 0 bridgehead atoms. The van der Waals surface area contributed by atoms with Crippen LogP contribution in [0.5, 0.6) is 0 Å². The number of hydrogen-bond donors (Lipinski definition) is 1. The van der Waals surface area contributed by atoms with E-state index >= 15 is 0 Å². The van der Waals surface area contributed by atoms with E-state index in [1.54, 1.807) is 11.0 Å². The number of amides is 1. The van der Waals surface area contributed by atoms with Gasteiger partial charge in [0.1, 0.15) is 24.4 Å². The van der Waals surface area contributed by atoms with Gasteiger partial charge in [-0.15, -0.1) is 0 Å².